The maximum atomic E-state index is 5.21. The predicted octanol–water partition coefficient (Wildman–Crippen LogP) is 3.67. The fourth-order valence-corrected chi connectivity index (χ4v) is 2.32. The van der Waals surface area contributed by atoms with Gasteiger partial charge in [-0.1, -0.05) is 42.5 Å². The van der Waals surface area contributed by atoms with Gasteiger partial charge in [0, 0.05) is 18.5 Å². The van der Waals surface area contributed by atoms with Crippen molar-refractivity contribution in [1.29, 1.82) is 0 Å². The molecule has 1 aromatic heterocycles. The van der Waals surface area contributed by atoms with Crippen LogP contribution in [0.4, 0.5) is 5.82 Å². The molecule has 98 valence electrons. The zero-order valence-corrected chi connectivity index (χ0v) is 11.5. The van der Waals surface area contributed by atoms with E-state index in [2.05, 4.69) is 39.6 Å². The molecule has 0 aliphatic heterocycles. The summed E-state index contributed by atoms with van der Waals surface area (Å²) in [6, 6.07) is 12.4. The van der Waals surface area contributed by atoms with E-state index < -0.39 is 0 Å². The van der Waals surface area contributed by atoms with Gasteiger partial charge in [0.25, 0.3) is 0 Å². The number of benzene rings is 1. The molecular formula is C15H17N3S. The molecule has 0 unspecified atom stereocenters. The molecule has 0 amide bonds. The third-order valence-electron chi connectivity index (χ3n) is 3.30. The van der Waals surface area contributed by atoms with Gasteiger partial charge < -0.3 is 10.3 Å². The number of rotatable bonds is 5. The molecule has 1 saturated carbocycles. The lowest BCUT2D eigenvalue weighted by atomic mass is 10.1. The summed E-state index contributed by atoms with van der Waals surface area (Å²) >= 11 is 5.21. The van der Waals surface area contributed by atoms with Gasteiger partial charge in [0.15, 0.2) is 0 Å². The van der Waals surface area contributed by atoms with Crippen LogP contribution in [0.2, 0.25) is 0 Å². The third-order valence-corrected chi connectivity index (χ3v) is 3.51. The van der Waals surface area contributed by atoms with Crippen LogP contribution in [0.3, 0.4) is 0 Å². The Morgan fingerprint density at radius 3 is 2.79 bits per heavy atom. The summed E-state index contributed by atoms with van der Waals surface area (Å²) in [5, 5.41) is 3.39. The van der Waals surface area contributed by atoms with Gasteiger partial charge in [-0.15, -0.1) is 0 Å². The van der Waals surface area contributed by atoms with Crippen LogP contribution in [-0.4, -0.2) is 16.5 Å². The number of aromatic nitrogens is 2. The van der Waals surface area contributed by atoms with Crippen molar-refractivity contribution < 1.29 is 0 Å². The number of hydrogen-bond donors (Lipinski definition) is 2. The van der Waals surface area contributed by atoms with E-state index in [0.29, 0.717) is 10.6 Å². The summed E-state index contributed by atoms with van der Waals surface area (Å²) in [6.45, 7) is 0.892. The van der Waals surface area contributed by atoms with Gasteiger partial charge in [0.05, 0.1) is 0 Å². The summed E-state index contributed by atoms with van der Waals surface area (Å²) < 4.78 is 0.669. The molecule has 19 heavy (non-hydrogen) atoms. The molecule has 2 aromatic rings. The minimum atomic E-state index is 0.595. The minimum Gasteiger partial charge on any atom is -0.371 e. The number of aromatic amines is 1. The predicted molar refractivity (Wildman–Crippen MR) is 80.0 cm³/mol. The molecule has 4 heteroatoms. The highest BCUT2D eigenvalue weighted by Crippen LogP contribution is 2.38. The van der Waals surface area contributed by atoms with Crippen LogP contribution < -0.4 is 5.32 Å². The number of hydrogen-bond acceptors (Lipinski definition) is 3. The fourth-order valence-electron chi connectivity index (χ4n) is 2.11. The standard InChI is InChI=1S/C15H17N3S/c19-14-10-13(17-15(18-14)12-6-7-12)16-9-8-11-4-2-1-3-5-11/h1-5,10,12H,6-9H2,(H2,16,17,18,19). The lowest BCUT2D eigenvalue weighted by Gasteiger charge is -2.08. The maximum Gasteiger partial charge on any atom is 0.131 e. The molecule has 0 spiro atoms. The Morgan fingerprint density at radius 2 is 2.05 bits per heavy atom. The van der Waals surface area contributed by atoms with E-state index in [1.54, 1.807) is 0 Å². The smallest absolute Gasteiger partial charge is 0.131 e. The first kappa shape index (κ1) is 12.4. The van der Waals surface area contributed by atoms with Crippen LogP contribution in [0.5, 0.6) is 0 Å². The molecule has 1 aromatic carbocycles. The first-order valence-corrected chi connectivity index (χ1v) is 7.11. The van der Waals surface area contributed by atoms with Gasteiger partial charge in [-0.3, -0.25) is 0 Å². The molecule has 0 atom stereocenters. The summed E-state index contributed by atoms with van der Waals surface area (Å²) in [6.07, 6.45) is 3.46. The summed E-state index contributed by atoms with van der Waals surface area (Å²) in [5.41, 5.74) is 1.34. The van der Waals surface area contributed by atoms with Gasteiger partial charge in [-0.2, -0.15) is 0 Å². The lowest BCUT2D eigenvalue weighted by molar-refractivity contribution is 0.909. The Kier molecular flexibility index (Phi) is 3.60. The number of nitrogens with zero attached hydrogens (tertiary/aromatic N) is 1. The molecule has 0 saturated heterocycles. The van der Waals surface area contributed by atoms with Gasteiger partial charge in [-0.25, -0.2) is 4.98 Å². The van der Waals surface area contributed by atoms with E-state index in [1.807, 2.05) is 12.1 Å². The number of H-pyrrole nitrogens is 1. The Balaban J connectivity index is 1.62. The molecule has 1 aliphatic rings. The Labute approximate surface area is 118 Å². The highest BCUT2D eigenvalue weighted by molar-refractivity contribution is 7.71. The van der Waals surface area contributed by atoms with Crippen molar-refractivity contribution >= 4 is 18.0 Å². The number of nitrogens with one attached hydrogen (secondary N) is 2. The Bertz CT molecular complexity index is 602. The molecule has 0 radical (unpaired) electrons. The topological polar surface area (TPSA) is 40.7 Å². The van der Waals surface area contributed by atoms with Crippen LogP contribution in [0, 0.1) is 4.64 Å². The van der Waals surface area contributed by atoms with Crippen LogP contribution in [-0.2, 0) is 6.42 Å². The molecular weight excluding hydrogens is 254 g/mol. The average Bonchev–Trinajstić information content (AvgIpc) is 3.24. The number of anilines is 1. The second-order valence-corrected chi connectivity index (χ2v) is 5.37. The van der Waals surface area contributed by atoms with E-state index in [1.165, 1.54) is 18.4 Å². The van der Waals surface area contributed by atoms with Crippen LogP contribution in [0.1, 0.15) is 30.1 Å². The van der Waals surface area contributed by atoms with E-state index >= 15 is 0 Å². The second kappa shape index (κ2) is 5.53. The lowest BCUT2D eigenvalue weighted by Crippen LogP contribution is -2.08. The first-order valence-electron chi connectivity index (χ1n) is 6.70. The van der Waals surface area contributed by atoms with Crippen molar-refractivity contribution in [2.45, 2.75) is 25.2 Å². The van der Waals surface area contributed by atoms with Gasteiger partial charge in [-0.05, 0) is 24.8 Å². The summed E-state index contributed by atoms with van der Waals surface area (Å²) in [4.78, 5) is 7.73. The van der Waals surface area contributed by atoms with Crippen molar-refractivity contribution in [2.24, 2.45) is 0 Å². The van der Waals surface area contributed by atoms with Crippen LogP contribution in [0.15, 0.2) is 36.4 Å². The second-order valence-electron chi connectivity index (χ2n) is 4.95. The largest absolute Gasteiger partial charge is 0.371 e. The van der Waals surface area contributed by atoms with E-state index in [0.717, 1.165) is 24.6 Å². The molecule has 1 heterocycles. The molecule has 0 bridgehead atoms. The van der Waals surface area contributed by atoms with E-state index in [9.17, 15) is 0 Å². The maximum absolute atomic E-state index is 5.21. The van der Waals surface area contributed by atoms with Gasteiger partial charge in [0.2, 0.25) is 0 Å². The van der Waals surface area contributed by atoms with Crippen molar-refractivity contribution in [3.05, 3.63) is 52.4 Å². The fraction of sp³-hybridized carbons (Fsp3) is 0.333. The molecule has 3 rings (SSSR count). The monoisotopic (exact) mass is 271 g/mol. The SMILES string of the molecule is S=c1cc(NCCc2ccccc2)[nH]c(C2CC2)n1. The Hall–Kier alpha value is -1.68. The zero-order chi connectivity index (χ0) is 13.1. The van der Waals surface area contributed by atoms with Crippen molar-refractivity contribution in [1.82, 2.24) is 9.97 Å². The van der Waals surface area contributed by atoms with Crippen molar-refractivity contribution in [2.75, 3.05) is 11.9 Å². The molecule has 1 aliphatic carbocycles. The van der Waals surface area contributed by atoms with Crippen molar-refractivity contribution in [3.63, 3.8) is 0 Å². The van der Waals surface area contributed by atoms with Gasteiger partial charge >= 0.3 is 0 Å². The van der Waals surface area contributed by atoms with E-state index in [-0.39, 0.29) is 0 Å². The van der Waals surface area contributed by atoms with Crippen molar-refractivity contribution in [3.8, 4) is 0 Å². The van der Waals surface area contributed by atoms with Crippen LogP contribution in [0.25, 0.3) is 0 Å². The van der Waals surface area contributed by atoms with E-state index in [4.69, 9.17) is 12.2 Å². The van der Waals surface area contributed by atoms with Gasteiger partial charge in [0.1, 0.15) is 16.3 Å². The molecule has 1 fully saturated rings. The highest BCUT2D eigenvalue weighted by atomic mass is 32.1. The summed E-state index contributed by atoms with van der Waals surface area (Å²) in [7, 11) is 0. The quantitative estimate of drug-likeness (QED) is 0.815. The van der Waals surface area contributed by atoms with Crippen LogP contribution >= 0.6 is 12.2 Å². The molecule has 3 nitrogen and oxygen atoms in total. The highest BCUT2D eigenvalue weighted by Gasteiger charge is 2.25. The third kappa shape index (κ3) is 3.41. The first-order chi connectivity index (χ1) is 9.31. The molecule has 2 N–H and O–H groups in total. The Morgan fingerprint density at radius 1 is 1.26 bits per heavy atom. The average molecular weight is 271 g/mol. The summed E-state index contributed by atoms with van der Waals surface area (Å²) in [5.74, 6) is 2.62. The minimum absolute atomic E-state index is 0.595. The zero-order valence-electron chi connectivity index (χ0n) is 10.7. The normalized spacial score (nSPS) is 14.3.